The van der Waals surface area contributed by atoms with Gasteiger partial charge in [0.15, 0.2) is 0 Å². The van der Waals surface area contributed by atoms with Crippen LogP contribution in [0, 0.1) is 11.6 Å². The highest BCUT2D eigenvalue weighted by molar-refractivity contribution is 7.92. The van der Waals surface area contributed by atoms with Crippen molar-refractivity contribution in [2.24, 2.45) is 0 Å². The lowest BCUT2D eigenvalue weighted by molar-refractivity contribution is 0.555. The van der Waals surface area contributed by atoms with Gasteiger partial charge in [-0.3, -0.25) is 9.29 Å². The van der Waals surface area contributed by atoms with E-state index in [1.807, 2.05) is 54.6 Å². The lowest BCUT2D eigenvalue weighted by Crippen LogP contribution is -2.15. The number of halogens is 2. The second-order valence-corrected chi connectivity index (χ2v) is 9.72. The molecule has 0 saturated heterocycles. The van der Waals surface area contributed by atoms with Gasteiger partial charge in [-0.05, 0) is 66.6 Å². The van der Waals surface area contributed by atoms with Gasteiger partial charge in [0, 0.05) is 17.8 Å². The molecule has 0 aliphatic heterocycles. The summed E-state index contributed by atoms with van der Waals surface area (Å²) in [7, 11) is -4.26. The van der Waals surface area contributed by atoms with Gasteiger partial charge < -0.3 is 0 Å². The van der Waals surface area contributed by atoms with Crippen LogP contribution in [0.4, 0.5) is 14.5 Å². The van der Waals surface area contributed by atoms with Crippen molar-refractivity contribution >= 4 is 26.7 Å². The minimum atomic E-state index is -4.26. The maximum Gasteiger partial charge on any atom is 0.264 e. The Hall–Kier alpha value is -4.04. The van der Waals surface area contributed by atoms with E-state index in [0.717, 1.165) is 40.2 Å². The van der Waals surface area contributed by atoms with Gasteiger partial charge in [0.05, 0.1) is 11.0 Å². The topological polar surface area (TPSA) is 64.0 Å². The number of rotatable bonds is 7. The highest BCUT2D eigenvalue weighted by Gasteiger charge is 2.20. The van der Waals surface area contributed by atoms with Crippen molar-refractivity contribution in [1.29, 1.82) is 0 Å². The zero-order valence-electron chi connectivity index (χ0n) is 18.5. The number of nitrogens with zero attached hydrogens (tertiary/aromatic N) is 2. The minimum absolute atomic E-state index is 0.258. The molecule has 35 heavy (non-hydrogen) atoms. The van der Waals surface area contributed by atoms with Crippen LogP contribution in [-0.4, -0.2) is 18.0 Å². The first kappa shape index (κ1) is 22.7. The summed E-state index contributed by atoms with van der Waals surface area (Å²) in [5.74, 6) is -0.927. The summed E-state index contributed by atoms with van der Waals surface area (Å²) in [6.45, 7) is 0. The molecular formula is C27H21F2N3O2S. The first-order chi connectivity index (χ1) is 16.9. The zero-order valence-corrected chi connectivity index (χ0v) is 19.3. The highest BCUT2D eigenvalue weighted by Crippen LogP contribution is 2.24. The van der Waals surface area contributed by atoms with Crippen LogP contribution in [0.25, 0.3) is 16.7 Å². The molecule has 0 atom stereocenters. The number of sulfonamides is 1. The molecule has 5 rings (SSSR count). The summed E-state index contributed by atoms with van der Waals surface area (Å²) < 4.78 is 56.8. The molecule has 0 aliphatic carbocycles. The molecule has 1 N–H and O–H groups in total. The Kier molecular flexibility index (Phi) is 6.05. The van der Waals surface area contributed by atoms with Crippen molar-refractivity contribution in [2.75, 3.05) is 4.72 Å². The van der Waals surface area contributed by atoms with Gasteiger partial charge in [0.2, 0.25) is 0 Å². The summed E-state index contributed by atoms with van der Waals surface area (Å²) in [5.41, 5.74) is 4.22. The fourth-order valence-corrected chi connectivity index (χ4v) is 5.15. The van der Waals surface area contributed by atoms with E-state index in [-0.39, 0.29) is 5.69 Å². The van der Waals surface area contributed by atoms with Gasteiger partial charge in [-0.15, -0.1) is 0 Å². The quantitative estimate of drug-likeness (QED) is 0.310. The van der Waals surface area contributed by atoms with Gasteiger partial charge in [-0.2, -0.15) is 0 Å². The van der Waals surface area contributed by atoms with Crippen LogP contribution in [0.1, 0.15) is 11.4 Å². The monoisotopic (exact) mass is 489 g/mol. The van der Waals surface area contributed by atoms with Crippen molar-refractivity contribution in [2.45, 2.75) is 17.7 Å². The van der Waals surface area contributed by atoms with Crippen molar-refractivity contribution in [3.05, 3.63) is 120 Å². The number of fused-ring (bicyclic) bond motifs is 1. The maximum atomic E-state index is 13.9. The number of anilines is 1. The molecule has 4 aromatic carbocycles. The summed E-state index contributed by atoms with van der Waals surface area (Å²) in [5, 5.41) is 0. The summed E-state index contributed by atoms with van der Waals surface area (Å²) in [4.78, 5) is 4.09. The molecule has 0 unspecified atom stereocenters. The number of hydrogen-bond acceptors (Lipinski definition) is 3. The second kappa shape index (κ2) is 9.31. The molecule has 5 nitrogen and oxygen atoms in total. The van der Waals surface area contributed by atoms with E-state index >= 15 is 0 Å². The van der Waals surface area contributed by atoms with Crippen LogP contribution in [-0.2, 0) is 22.9 Å². The molecule has 176 valence electrons. The lowest BCUT2D eigenvalue weighted by atomic mass is 10.1. The van der Waals surface area contributed by atoms with Crippen LogP contribution in [0.5, 0.6) is 0 Å². The smallest absolute Gasteiger partial charge is 0.264 e. The molecular weight excluding hydrogens is 468 g/mol. The fourth-order valence-electron chi connectivity index (χ4n) is 4.00. The number of para-hydroxylation sites is 3. The van der Waals surface area contributed by atoms with Crippen molar-refractivity contribution < 1.29 is 17.2 Å². The number of aromatic nitrogens is 2. The number of hydrogen-bond donors (Lipinski definition) is 1. The van der Waals surface area contributed by atoms with Crippen LogP contribution in [0.2, 0.25) is 0 Å². The molecule has 1 heterocycles. The Morgan fingerprint density at radius 2 is 1.51 bits per heavy atom. The first-order valence-corrected chi connectivity index (χ1v) is 12.5. The second-order valence-electron chi connectivity index (χ2n) is 8.06. The third kappa shape index (κ3) is 4.79. The summed E-state index contributed by atoms with van der Waals surface area (Å²) in [6.07, 6.45) is 1.35. The number of aryl methyl sites for hydroxylation is 2. The molecule has 5 aromatic rings. The molecule has 8 heteroatoms. The van der Waals surface area contributed by atoms with E-state index in [1.165, 1.54) is 0 Å². The van der Waals surface area contributed by atoms with Gasteiger partial charge in [0.25, 0.3) is 10.0 Å². The summed E-state index contributed by atoms with van der Waals surface area (Å²) >= 11 is 0. The Labute approximate surface area is 201 Å². The van der Waals surface area contributed by atoms with E-state index in [0.29, 0.717) is 18.9 Å². The predicted octanol–water partition coefficient (Wildman–Crippen LogP) is 5.89. The van der Waals surface area contributed by atoms with E-state index in [4.69, 9.17) is 4.98 Å². The van der Waals surface area contributed by atoms with Crippen LogP contribution >= 0.6 is 0 Å². The van der Waals surface area contributed by atoms with E-state index in [9.17, 15) is 17.2 Å². The van der Waals surface area contributed by atoms with E-state index < -0.39 is 26.6 Å². The standard InChI is InChI=1S/C27H21F2N3O2S/c28-20-13-16-23(29)26(18-20)35(33,34)31-21-14-10-19(11-15-21)12-17-27-30-24-8-4-5-9-25(24)32(27)22-6-2-1-3-7-22/h1-11,13-16,18,31H,12,17H2. The molecule has 0 amide bonds. The molecule has 0 aliphatic rings. The van der Waals surface area contributed by atoms with Crippen LogP contribution < -0.4 is 4.72 Å². The fraction of sp³-hybridized carbons (Fsp3) is 0.0741. The van der Waals surface area contributed by atoms with Gasteiger partial charge in [-0.1, -0.05) is 42.5 Å². The number of nitrogens with one attached hydrogen (secondary N) is 1. The van der Waals surface area contributed by atoms with Crippen molar-refractivity contribution in [3.63, 3.8) is 0 Å². The third-order valence-corrected chi connectivity index (χ3v) is 7.07. The highest BCUT2D eigenvalue weighted by atomic mass is 32.2. The molecule has 0 spiro atoms. The maximum absolute atomic E-state index is 13.9. The van der Waals surface area contributed by atoms with Crippen LogP contribution in [0.15, 0.2) is 102 Å². The Morgan fingerprint density at radius 1 is 0.800 bits per heavy atom. The molecule has 1 aromatic heterocycles. The molecule has 0 radical (unpaired) electrons. The normalized spacial score (nSPS) is 11.6. The SMILES string of the molecule is O=S(=O)(Nc1ccc(CCc2nc3ccccc3n2-c2ccccc2)cc1)c1cc(F)ccc1F. The average Bonchev–Trinajstić information content (AvgIpc) is 3.24. The largest absolute Gasteiger partial charge is 0.296 e. The number of benzene rings is 4. The van der Waals surface area contributed by atoms with Crippen LogP contribution in [0.3, 0.4) is 0 Å². The Morgan fingerprint density at radius 3 is 2.29 bits per heavy atom. The molecule has 0 bridgehead atoms. The van der Waals surface area contributed by atoms with E-state index in [1.54, 1.807) is 24.3 Å². The van der Waals surface area contributed by atoms with Gasteiger partial charge >= 0.3 is 0 Å². The third-order valence-electron chi connectivity index (χ3n) is 5.67. The predicted molar refractivity (Wildman–Crippen MR) is 132 cm³/mol. The summed E-state index contributed by atoms with van der Waals surface area (Å²) in [6, 6.07) is 27.1. The van der Waals surface area contributed by atoms with Crippen molar-refractivity contribution in [3.8, 4) is 5.69 Å². The Bertz CT molecular complexity index is 1600. The molecule has 0 fully saturated rings. The zero-order chi connectivity index (χ0) is 24.4. The van der Waals surface area contributed by atoms with E-state index in [2.05, 4.69) is 9.29 Å². The lowest BCUT2D eigenvalue weighted by Gasteiger charge is -2.11. The van der Waals surface area contributed by atoms with Gasteiger partial charge in [0.1, 0.15) is 22.4 Å². The Balaban J connectivity index is 1.35. The molecule has 0 saturated carbocycles. The first-order valence-electron chi connectivity index (χ1n) is 11.0. The van der Waals surface area contributed by atoms with Crippen molar-refractivity contribution in [1.82, 2.24) is 9.55 Å². The average molecular weight is 490 g/mol. The minimum Gasteiger partial charge on any atom is -0.296 e. The number of imidazole rings is 1. The van der Waals surface area contributed by atoms with Gasteiger partial charge in [-0.25, -0.2) is 22.2 Å².